The highest BCUT2D eigenvalue weighted by Gasteiger charge is 2.51. The number of benzene rings is 2. The summed E-state index contributed by atoms with van der Waals surface area (Å²) >= 11 is 0. The maximum absolute atomic E-state index is 13.2. The van der Waals surface area contributed by atoms with Crippen LogP contribution in [0.1, 0.15) is 22.7 Å². The number of sulfonamides is 1. The van der Waals surface area contributed by atoms with Crippen molar-refractivity contribution in [2.45, 2.75) is 29.3 Å². The Hall–Kier alpha value is -3.51. The van der Waals surface area contributed by atoms with E-state index in [1.165, 1.54) is 12.1 Å². The van der Waals surface area contributed by atoms with Gasteiger partial charge in [0.15, 0.2) is 11.5 Å². The second-order valence-electron chi connectivity index (χ2n) is 8.73. The highest BCUT2D eigenvalue weighted by Crippen LogP contribution is 2.51. The van der Waals surface area contributed by atoms with E-state index in [4.69, 9.17) is 14.6 Å². The predicted molar refractivity (Wildman–Crippen MR) is 136 cm³/mol. The average Bonchev–Trinajstić information content (AvgIpc) is 3.58. The molecule has 1 fully saturated rings. The Kier molecular flexibility index (Phi) is 6.39. The standard InChI is InChI=1S/C25H25N3O7S.3H2/c29-14-18(30)13-26-36(32,33)19-7-4-16(5-8-19)20-2-1-3-23(27-20)28-24(31)25(10-11-25)17-6-9-21-22(12-17)35-15-34-21;;;/h1-9,12,18,26,29-30H,10-11,13-15H2,(H,27,28,31);3*1H/t18-;;;/m1.../s1. The van der Waals surface area contributed by atoms with Crippen molar-refractivity contribution >= 4 is 21.7 Å². The Balaban J connectivity index is 0.00000178. The first kappa shape index (κ1) is 24.2. The minimum Gasteiger partial charge on any atom is -0.454 e. The molecule has 2 heterocycles. The van der Waals surface area contributed by atoms with Crippen LogP contribution in [-0.4, -0.2) is 55.6 Å². The van der Waals surface area contributed by atoms with Crippen LogP contribution in [0.2, 0.25) is 0 Å². The molecule has 0 saturated heterocycles. The van der Waals surface area contributed by atoms with Gasteiger partial charge in [0.1, 0.15) is 5.82 Å². The summed E-state index contributed by atoms with van der Waals surface area (Å²) in [7, 11) is -3.84. The Morgan fingerprint density at radius 2 is 1.83 bits per heavy atom. The zero-order valence-corrected chi connectivity index (χ0v) is 20.0. The molecule has 2 aromatic carbocycles. The lowest BCUT2D eigenvalue weighted by atomic mass is 9.94. The highest BCUT2D eigenvalue weighted by molar-refractivity contribution is 7.89. The molecule has 1 atom stereocenters. The number of carbonyl (C=O) groups is 1. The molecule has 1 aromatic heterocycles. The largest absolute Gasteiger partial charge is 0.454 e. The van der Waals surface area contributed by atoms with Crippen LogP contribution in [0.15, 0.2) is 65.6 Å². The third kappa shape index (κ3) is 4.78. The fourth-order valence-corrected chi connectivity index (χ4v) is 5.10. The highest BCUT2D eigenvalue weighted by atomic mass is 32.2. The lowest BCUT2D eigenvalue weighted by Crippen LogP contribution is -2.33. The van der Waals surface area contributed by atoms with E-state index in [0.29, 0.717) is 28.6 Å². The van der Waals surface area contributed by atoms with Crippen LogP contribution in [0.25, 0.3) is 11.3 Å². The zero-order chi connectivity index (χ0) is 25.3. The number of hydrogen-bond acceptors (Lipinski definition) is 8. The maximum Gasteiger partial charge on any atom is 0.240 e. The Labute approximate surface area is 212 Å². The van der Waals surface area contributed by atoms with Gasteiger partial charge in [-0.3, -0.25) is 4.79 Å². The van der Waals surface area contributed by atoms with E-state index in [1.54, 1.807) is 30.3 Å². The molecule has 36 heavy (non-hydrogen) atoms. The third-order valence-corrected chi connectivity index (χ3v) is 7.72. The van der Waals surface area contributed by atoms with Crippen molar-refractivity contribution in [2.75, 3.05) is 25.3 Å². The van der Waals surface area contributed by atoms with Crippen molar-refractivity contribution in [3.8, 4) is 22.8 Å². The van der Waals surface area contributed by atoms with Gasteiger partial charge < -0.3 is 25.0 Å². The Morgan fingerprint density at radius 3 is 2.56 bits per heavy atom. The van der Waals surface area contributed by atoms with Gasteiger partial charge in [-0.25, -0.2) is 18.1 Å². The fraction of sp³-hybridized carbons (Fsp3) is 0.280. The number of amides is 1. The molecular weight excluding hydrogens is 486 g/mol. The number of rotatable bonds is 9. The van der Waals surface area contributed by atoms with Crippen LogP contribution >= 0.6 is 0 Å². The van der Waals surface area contributed by atoms with Gasteiger partial charge in [0.25, 0.3) is 0 Å². The molecule has 1 saturated carbocycles. The SMILES string of the molecule is O=C(Nc1cccc(-c2ccc(S(=O)(=O)NC[C@@H](O)CO)cc2)n1)C1(c2ccc3c(c2)OCO3)CC1.[HH].[HH].[HH]. The number of ether oxygens (including phenoxy) is 2. The molecule has 2 aliphatic rings. The van der Waals surface area contributed by atoms with Crippen molar-refractivity contribution in [3.05, 3.63) is 66.2 Å². The van der Waals surface area contributed by atoms with Crippen molar-refractivity contribution < 1.29 is 37.2 Å². The minimum absolute atomic E-state index is 0. The number of nitrogens with one attached hydrogen (secondary N) is 2. The molecule has 1 amide bonds. The molecule has 10 nitrogen and oxygen atoms in total. The molecule has 1 aliphatic carbocycles. The number of fused-ring (bicyclic) bond motifs is 1. The van der Waals surface area contributed by atoms with E-state index in [2.05, 4.69) is 15.0 Å². The van der Waals surface area contributed by atoms with E-state index in [1.807, 2.05) is 18.2 Å². The predicted octanol–water partition coefficient (Wildman–Crippen LogP) is 2.52. The molecule has 0 bridgehead atoms. The summed E-state index contributed by atoms with van der Waals surface area (Å²) in [5, 5.41) is 21.2. The first-order valence-electron chi connectivity index (χ1n) is 11.4. The van der Waals surface area contributed by atoms with E-state index in [0.717, 1.165) is 18.4 Å². The lowest BCUT2D eigenvalue weighted by Gasteiger charge is -2.16. The van der Waals surface area contributed by atoms with Gasteiger partial charge in [0.05, 0.1) is 28.7 Å². The van der Waals surface area contributed by atoms with Gasteiger partial charge >= 0.3 is 0 Å². The summed E-state index contributed by atoms with van der Waals surface area (Å²) in [5.74, 6) is 1.54. The van der Waals surface area contributed by atoms with Gasteiger partial charge in [-0.2, -0.15) is 0 Å². The molecule has 0 radical (unpaired) electrons. The quantitative estimate of drug-likeness (QED) is 0.339. The van der Waals surface area contributed by atoms with Crippen LogP contribution in [0, 0.1) is 0 Å². The van der Waals surface area contributed by atoms with Crippen LogP contribution in [0.5, 0.6) is 11.5 Å². The summed E-state index contributed by atoms with van der Waals surface area (Å²) in [5.41, 5.74) is 1.47. The first-order chi connectivity index (χ1) is 17.3. The summed E-state index contributed by atoms with van der Waals surface area (Å²) in [6, 6.07) is 16.9. The molecular formula is C25H31N3O7S. The Morgan fingerprint density at radius 1 is 1.08 bits per heavy atom. The molecule has 11 heteroatoms. The fourth-order valence-electron chi connectivity index (χ4n) is 4.03. The van der Waals surface area contributed by atoms with Gasteiger partial charge in [-0.05, 0) is 54.8 Å². The molecule has 194 valence electrons. The van der Waals surface area contributed by atoms with Gasteiger partial charge in [0.2, 0.25) is 22.7 Å². The molecule has 0 unspecified atom stereocenters. The average molecular weight is 518 g/mol. The first-order valence-corrected chi connectivity index (χ1v) is 12.9. The summed E-state index contributed by atoms with van der Waals surface area (Å²) in [6.45, 7) is -0.666. The third-order valence-electron chi connectivity index (χ3n) is 6.28. The number of aliphatic hydroxyl groups excluding tert-OH is 2. The molecule has 1 aliphatic heterocycles. The number of nitrogens with zero attached hydrogens (tertiary/aromatic N) is 1. The lowest BCUT2D eigenvalue weighted by molar-refractivity contribution is -0.118. The second-order valence-corrected chi connectivity index (χ2v) is 10.5. The molecule has 3 aromatic rings. The molecule has 5 rings (SSSR count). The van der Waals surface area contributed by atoms with Crippen molar-refractivity contribution in [1.29, 1.82) is 0 Å². The smallest absolute Gasteiger partial charge is 0.240 e. The normalized spacial score (nSPS) is 16.4. The van der Waals surface area contributed by atoms with Crippen molar-refractivity contribution in [2.24, 2.45) is 0 Å². The van der Waals surface area contributed by atoms with Crippen LogP contribution in [-0.2, 0) is 20.2 Å². The van der Waals surface area contributed by atoms with Gasteiger partial charge in [-0.15, -0.1) is 0 Å². The monoisotopic (exact) mass is 517 g/mol. The summed E-state index contributed by atoms with van der Waals surface area (Å²) < 4.78 is 37.8. The number of aromatic nitrogens is 1. The maximum atomic E-state index is 13.2. The number of anilines is 1. The molecule has 4 N–H and O–H groups in total. The van der Waals surface area contributed by atoms with Gasteiger partial charge in [0, 0.05) is 16.4 Å². The van der Waals surface area contributed by atoms with E-state index < -0.39 is 28.1 Å². The van der Waals surface area contributed by atoms with Crippen molar-refractivity contribution in [3.63, 3.8) is 0 Å². The number of aliphatic hydroxyl groups is 2. The van der Waals surface area contributed by atoms with E-state index >= 15 is 0 Å². The van der Waals surface area contributed by atoms with E-state index in [9.17, 15) is 18.3 Å². The van der Waals surface area contributed by atoms with Crippen LogP contribution < -0.4 is 19.5 Å². The second kappa shape index (κ2) is 9.51. The number of carbonyl (C=O) groups excluding carboxylic acids is 1. The van der Waals surface area contributed by atoms with Gasteiger partial charge in [-0.1, -0.05) is 24.3 Å². The van der Waals surface area contributed by atoms with Crippen LogP contribution in [0.4, 0.5) is 5.82 Å². The molecule has 0 spiro atoms. The van der Waals surface area contributed by atoms with Crippen molar-refractivity contribution in [1.82, 2.24) is 9.71 Å². The number of pyridine rings is 1. The Bertz CT molecular complexity index is 1400. The topological polar surface area (TPSA) is 147 Å². The van der Waals surface area contributed by atoms with E-state index in [-0.39, 0.29) is 28.4 Å². The zero-order valence-electron chi connectivity index (χ0n) is 19.2. The number of hydrogen-bond donors (Lipinski definition) is 4. The minimum atomic E-state index is -3.84. The summed E-state index contributed by atoms with van der Waals surface area (Å²) in [6.07, 6.45) is 0.260. The summed E-state index contributed by atoms with van der Waals surface area (Å²) in [4.78, 5) is 17.8. The van der Waals surface area contributed by atoms with Crippen LogP contribution in [0.3, 0.4) is 0 Å².